The molecule has 2 aliphatic heterocycles. The standard InChI is InChI=1S/C22H37N5/c1-23-22(24-12-17-26-13-4-2-5-14-26)25-18-20-8-10-21(11-9-20)19-27-15-6-3-7-16-27/h8-11H,2-7,12-19H2,1H3,(H2,23,24,25). The molecule has 0 aromatic heterocycles. The Morgan fingerprint density at radius 1 is 0.815 bits per heavy atom. The third-order valence-electron chi connectivity index (χ3n) is 5.73. The van der Waals surface area contributed by atoms with E-state index in [9.17, 15) is 0 Å². The van der Waals surface area contributed by atoms with Crippen LogP contribution in [0.3, 0.4) is 0 Å². The minimum Gasteiger partial charge on any atom is -0.355 e. The quantitative estimate of drug-likeness (QED) is 0.571. The van der Waals surface area contributed by atoms with E-state index in [1.165, 1.54) is 75.8 Å². The van der Waals surface area contributed by atoms with Crippen LogP contribution >= 0.6 is 0 Å². The van der Waals surface area contributed by atoms with Crippen molar-refractivity contribution < 1.29 is 0 Å². The van der Waals surface area contributed by atoms with Crippen molar-refractivity contribution >= 4 is 5.96 Å². The van der Waals surface area contributed by atoms with Crippen LogP contribution in [0.2, 0.25) is 0 Å². The normalized spacial score (nSPS) is 19.8. The highest BCUT2D eigenvalue weighted by molar-refractivity contribution is 5.79. The van der Waals surface area contributed by atoms with Gasteiger partial charge in [-0.05, 0) is 63.0 Å². The highest BCUT2D eigenvalue weighted by Gasteiger charge is 2.11. The molecule has 0 radical (unpaired) electrons. The van der Waals surface area contributed by atoms with Crippen LogP contribution in [0.25, 0.3) is 0 Å². The first-order valence-corrected chi connectivity index (χ1v) is 10.8. The number of likely N-dealkylation sites (tertiary alicyclic amines) is 2. The second-order valence-electron chi connectivity index (χ2n) is 7.91. The van der Waals surface area contributed by atoms with E-state index in [0.29, 0.717) is 0 Å². The molecule has 3 rings (SSSR count). The van der Waals surface area contributed by atoms with E-state index in [2.05, 4.69) is 49.7 Å². The summed E-state index contributed by atoms with van der Waals surface area (Å²) >= 11 is 0. The van der Waals surface area contributed by atoms with Crippen molar-refractivity contribution in [3.63, 3.8) is 0 Å². The summed E-state index contributed by atoms with van der Waals surface area (Å²) in [5.41, 5.74) is 2.72. The van der Waals surface area contributed by atoms with E-state index < -0.39 is 0 Å². The maximum absolute atomic E-state index is 4.35. The van der Waals surface area contributed by atoms with Crippen LogP contribution in [0.4, 0.5) is 0 Å². The smallest absolute Gasteiger partial charge is 0.191 e. The Kier molecular flexibility index (Phi) is 8.43. The SMILES string of the molecule is CN=C(NCCN1CCCCC1)NCc1ccc(CN2CCCCC2)cc1. The molecule has 5 nitrogen and oxygen atoms in total. The second kappa shape index (κ2) is 11.3. The van der Waals surface area contributed by atoms with Crippen LogP contribution < -0.4 is 10.6 Å². The molecule has 27 heavy (non-hydrogen) atoms. The van der Waals surface area contributed by atoms with Gasteiger partial charge in [-0.2, -0.15) is 0 Å². The summed E-state index contributed by atoms with van der Waals surface area (Å²) in [5.74, 6) is 0.893. The summed E-state index contributed by atoms with van der Waals surface area (Å²) in [4.78, 5) is 9.47. The molecule has 5 heteroatoms. The van der Waals surface area contributed by atoms with Crippen LogP contribution in [0.5, 0.6) is 0 Å². The average Bonchev–Trinajstić information content (AvgIpc) is 2.73. The lowest BCUT2D eigenvalue weighted by Crippen LogP contribution is -2.42. The zero-order valence-electron chi connectivity index (χ0n) is 17.1. The number of aliphatic imine (C=N–C) groups is 1. The molecule has 0 bridgehead atoms. The van der Waals surface area contributed by atoms with Gasteiger partial charge in [0.1, 0.15) is 0 Å². The van der Waals surface area contributed by atoms with Crippen molar-refractivity contribution in [1.29, 1.82) is 0 Å². The van der Waals surface area contributed by atoms with Crippen molar-refractivity contribution in [3.8, 4) is 0 Å². The first-order chi connectivity index (χ1) is 13.3. The monoisotopic (exact) mass is 371 g/mol. The van der Waals surface area contributed by atoms with E-state index in [1.807, 2.05) is 7.05 Å². The Balaban J connectivity index is 1.36. The zero-order chi connectivity index (χ0) is 18.7. The third kappa shape index (κ3) is 7.15. The lowest BCUT2D eigenvalue weighted by Gasteiger charge is -2.26. The lowest BCUT2D eigenvalue weighted by atomic mass is 10.1. The van der Waals surface area contributed by atoms with Gasteiger partial charge < -0.3 is 15.5 Å². The number of guanidine groups is 1. The number of benzene rings is 1. The summed E-state index contributed by atoms with van der Waals surface area (Å²) in [5, 5.41) is 6.88. The second-order valence-corrected chi connectivity index (χ2v) is 7.91. The lowest BCUT2D eigenvalue weighted by molar-refractivity contribution is 0.221. The fourth-order valence-electron chi connectivity index (χ4n) is 4.06. The summed E-state index contributed by atoms with van der Waals surface area (Å²) in [6.07, 6.45) is 8.19. The van der Waals surface area contributed by atoms with Gasteiger partial charge in [0.25, 0.3) is 0 Å². The molecular weight excluding hydrogens is 334 g/mol. The van der Waals surface area contributed by atoms with Crippen LogP contribution in [0.1, 0.15) is 49.7 Å². The number of rotatable bonds is 7. The maximum atomic E-state index is 4.35. The fourth-order valence-corrected chi connectivity index (χ4v) is 4.06. The van der Waals surface area contributed by atoms with Gasteiger partial charge in [-0.1, -0.05) is 37.1 Å². The molecule has 2 saturated heterocycles. The largest absolute Gasteiger partial charge is 0.355 e. The summed E-state index contributed by atoms with van der Waals surface area (Å²) < 4.78 is 0. The molecule has 2 N–H and O–H groups in total. The van der Waals surface area contributed by atoms with Crippen molar-refractivity contribution in [2.24, 2.45) is 4.99 Å². The van der Waals surface area contributed by atoms with Gasteiger partial charge in [-0.15, -0.1) is 0 Å². The van der Waals surface area contributed by atoms with E-state index in [0.717, 1.165) is 32.1 Å². The molecule has 0 atom stereocenters. The maximum Gasteiger partial charge on any atom is 0.191 e. The Morgan fingerprint density at radius 2 is 1.41 bits per heavy atom. The highest BCUT2D eigenvalue weighted by atomic mass is 15.2. The summed E-state index contributed by atoms with van der Waals surface area (Å²) in [7, 11) is 1.85. The highest BCUT2D eigenvalue weighted by Crippen LogP contribution is 2.13. The van der Waals surface area contributed by atoms with Crippen molar-refractivity contribution in [3.05, 3.63) is 35.4 Å². The average molecular weight is 372 g/mol. The van der Waals surface area contributed by atoms with E-state index in [4.69, 9.17) is 0 Å². The minimum absolute atomic E-state index is 0.813. The number of hydrogen-bond acceptors (Lipinski definition) is 3. The van der Waals surface area contributed by atoms with Gasteiger partial charge in [-0.25, -0.2) is 0 Å². The van der Waals surface area contributed by atoms with Gasteiger partial charge in [0.15, 0.2) is 5.96 Å². The molecule has 2 fully saturated rings. The Hall–Kier alpha value is -1.59. The summed E-state index contributed by atoms with van der Waals surface area (Å²) in [6, 6.07) is 9.04. The van der Waals surface area contributed by atoms with E-state index >= 15 is 0 Å². The van der Waals surface area contributed by atoms with Crippen molar-refractivity contribution in [1.82, 2.24) is 20.4 Å². The molecule has 0 aliphatic carbocycles. The van der Waals surface area contributed by atoms with E-state index in [-0.39, 0.29) is 0 Å². The van der Waals surface area contributed by atoms with E-state index in [1.54, 1.807) is 0 Å². The Morgan fingerprint density at radius 3 is 2.04 bits per heavy atom. The van der Waals surface area contributed by atoms with Crippen molar-refractivity contribution in [2.75, 3.05) is 46.3 Å². The third-order valence-corrected chi connectivity index (χ3v) is 5.73. The first-order valence-electron chi connectivity index (χ1n) is 10.8. The summed E-state index contributed by atoms with van der Waals surface area (Å²) in [6.45, 7) is 8.96. The molecule has 0 unspecified atom stereocenters. The van der Waals surface area contributed by atoms with Gasteiger partial charge >= 0.3 is 0 Å². The number of hydrogen-bond donors (Lipinski definition) is 2. The minimum atomic E-state index is 0.813. The van der Waals surface area contributed by atoms with Gasteiger partial charge in [0.05, 0.1) is 0 Å². The Bertz CT molecular complexity index is 557. The Labute approximate surface area is 165 Å². The molecule has 150 valence electrons. The molecule has 0 saturated carbocycles. The number of piperidine rings is 2. The predicted molar refractivity (Wildman–Crippen MR) is 114 cm³/mol. The van der Waals surface area contributed by atoms with Gasteiger partial charge in [-0.3, -0.25) is 9.89 Å². The molecular formula is C22H37N5. The molecule has 1 aromatic carbocycles. The fraction of sp³-hybridized carbons (Fsp3) is 0.682. The predicted octanol–water partition coefficient (Wildman–Crippen LogP) is 2.82. The number of nitrogens with one attached hydrogen (secondary N) is 2. The van der Waals surface area contributed by atoms with Crippen LogP contribution in [-0.2, 0) is 13.1 Å². The molecule has 2 aliphatic rings. The molecule has 0 amide bonds. The van der Waals surface area contributed by atoms with Gasteiger partial charge in [0, 0.05) is 33.2 Å². The van der Waals surface area contributed by atoms with Crippen molar-refractivity contribution in [2.45, 2.75) is 51.6 Å². The van der Waals surface area contributed by atoms with Crippen LogP contribution in [0.15, 0.2) is 29.3 Å². The topological polar surface area (TPSA) is 42.9 Å². The van der Waals surface area contributed by atoms with Crippen LogP contribution in [-0.4, -0.2) is 62.1 Å². The first kappa shape index (κ1) is 20.2. The number of nitrogens with zero attached hydrogens (tertiary/aromatic N) is 3. The molecule has 2 heterocycles. The molecule has 1 aromatic rings. The van der Waals surface area contributed by atoms with Gasteiger partial charge in [0.2, 0.25) is 0 Å². The van der Waals surface area contributed by atoms with Crippen LogP contribution in [0, 0.1) is 0 Å². The zero-order valence-corrected chi connectivity index (χ0v) is 17.1. The molecule has 0 spiro atoms.